The topological polar surface area (TPSA) is 29.5 Å². The molecule has 0 saturated heterocycles. The lowest BCUT2D eigenvalue weighted by Crippen LogP contribution is -2.26. The molecule has 2 aliphatic heterocycles. The van der Waals surface area contributed by atoms with Crippen LogP contribution in [0.25, 0.3) is 0 Å². The van der Waals surface area contributed by atoms with E-state index >= 15 is 0 Å². The molecule has 0 fully saturated rings. The lowest BCUT2D eigenvalue weighted by Gasteiger charge is -2.22. The summed E-state index contributed by atoms with van der Waals surface area (Å²) in [5, 5.41) is 0. The van der Waals surface area contributed by atoms with Crippen molar-refractivity contribution in [1.29, 1.82) is 0 Å². The quantitative estimate of drug-likeness (QED) is 0.735. The number of hydrogen-bond acceptors (Lipinski definition) is 3. The highest BCUT2D eigenvalue weighted by molar-refractivity contribution is 5.95. The maximum absolute atomic E-state index is 12.5. The first-order valence-corrected chi connectivity index (χ1v) is 7.14. The van der Waals surface area contributed by atoms with Crippen molar-refractivity contribution in [2.24, 2.45) is 0 Å². The van der Waals surface area contributed by atoms with Gasteiger partial charge in [0.15, 0.2) is 0 Å². The molecule has 0 aliphatic carbocycles. The molecule has 0 N–H and O–H groups in total. The Balaban J connectivity index is 2.03. The third-order valence-electron chi connectivity index (χ3n) is 3.44. The molecule has 0 bridgehead atoms. The number of nitrogens with zero attached hydrogens (tertiary/aromatic N) is 1. The van der Waals surface area contributed by atoms with Crippen molar-refractivity contribution in [3.63, 3.8) is 0 Å². The van der Waals surface area contributed by atoms with Gasteiger partial charge in [-0.2, -0.15) is 0 Å². The van der Waals surface area contributed by atoms with Gasteiger partial charge in [0.25, 0.3) is 0 Å². The third-order valence-corrected chi connectivity index (χ3v) is 3.44. The molecular weight excluding hydrogens is 262 g/mol. The first kappa shape index (κ1) is 13.7. The normalized spacial score (nSPS) is 16.6. The molecule has 2 aliphatic rings. The molecule has 3 heteroatoms. The van der Waals surface area contributed by atoms with Gasteiger partial charge in [0, 0.05) is 24.0 Å². The molecule has 21 heavy (non-hydrogen) atoms. The fourth-order valence-electron chi connectivity index (χ4n) is 2.60. The Hall–Kier alpha value is -2.29. The highest BCUT2D eigenvalue weighted by Gasteiger charge is 2.29. The van der Waals surface area contributed by atoms with Crippen molar-refractivity contribution in [2.75, 3.05) is 4.90 Å². The van der Waals surface area contributed by atoms with Crippen LogP contribution in [-0.2, 0) is 16.0 Å². The van der Waals surface area contributed by atoms with E-state index in [1.807, 2.05) is 57.3 Å². The maximum Gasteiger partial charge on any atom is 0.340 e. The lowest BCUT2D eigenvalue weighted by molar-refractivity contribution is -0.149. The van der Waals surface area contributed by atoms with Crippen molar-refractivity contribution in [1.82, 2.24) is 0 Å². The van der Waals surface area contributed by atoms with E-state index in [9.17, 15) is 4.79 Å². The van der Waals surface area contributed by atoms with E-state index in [0.29, 0.717) is 5.57 Å². The van der Waals surface area contributed by atoms with Crippen LogP contribution in [-0.4, -0.2) is 11.6 Å². The van der Waals surface area contributed by atoms with Crippen LogP contribution in [0, 0.1) is 0 Å². The Labute approximate surface area is 125 Å². The van der Waals surface area contributed by atoms with E-state index in [0.717, 1.165) is 17.8 Å². The Kier molecular flexibility index (Phi) is 3.20. The molecule has 1 aromatic rings. The minimum atomic E-state index is -0.492. The number of esters is 1. The summed E-state index contributed by atoms with van der Waals surface area (Å²) < 4.78 is 5.54. The van der Waals surface area contributed by atoms with Crippen molar-refractivity contribution < 1.29 is 9.53 Å². The molecule has 0 atom stereocenters. The summed E-state index contributed by atoms with van der Waals surface area (Å²) in [6.07, 6.45) is 8.41. The van der Waals surface area contributed by atoms with E-state index in [1.165, 1.54) is 5.56 Å². The largest absolute Gasteiger partial charge is 0.456 e. The summed E-state index contributed by atoms with van der Waals surface area (Å²) in [5.41, 5.74) is 3.48. The minimum absolute atomic E-state index is 0.268. The molecule has 0 unspecified atom stereocenters. The second-order valence-corrected chi connectivity index (χ2v) is 6.24. The number of carbonyl (C=O) groups excluding carboxylic acids is 1. The number of ether oxygens (including phenoxy) is 1. The predicted molar refractivity (Wildman–Crippen MR) is 83.8 cm³/mol. The van der Waals surface area contributed by atoms with Gasteiger partial charge in [-0.25, -0.2) is 4.79 Å². The summed E-state index contributed by atoms with van der Waals surface area (Å²) in [6, 6.07) is 8.21. The zero-order valence-electron chi connectivity index (χ0n) is 12.6. The monoisotopic (exact) mass is 281 g/mol. The van der Waals surface area contributed by atoms with Gasteiger partial charge in [0.05, 0.1) is 5.57 Å². The van der Waals surface area contributed by atoms with E-state index in [-0.39, 0.29) is 5.97 Å². The smallest absolute Gasteiger partial charge is 0.340 e. The number of para-hydroxylation sites is 1. The first-order chi connectivity index (χ1) is 9.96. The molecule has 108 valence electrons. The predicted octanol–water partition coefficient (Wildman–Crippen LogP) is 3.73. The Bertz CT molecular complexity index is 675. The summed E-state index contributed by atoms with van der Waals surface area (Å²) in [7, 11) is 0. The number of carbonyl (C=O) groups is 1. The number of hydrogen-bond donors (Lipinski definition) is 0. The fourth-order valence-corrected chi connectivity index (χ4v) is 2.60. The van der Waals surface area contributed by atoms with E-state index in [2.05, 4.69) is 17.0 Å². The van der Waals surface area contributed by atoms with Gasteiger partial charge < -0.3 is 9.64 Å². The zero-order valence-corrected chi connectivity index (χ0v) is 12.6. The lowest BCUT2D eigenvalue weighted by atomic mass is 10.1. The van der Waals surface area contributed by atoms with Crippen LogP contribution >= 0.6 is 0 Å². The van der Waals surface area contributed by atoms with Crippen LogP contribution in [0.15, 0.2) is 60.0 Å². The maximum atomic E-state index is 12.5. The molecule has 3 rings (SSSR count). The minimum Gasteiger partial charge on any atom is -0.456 e. The van der Waals surface area contributed by atoms with Gasteiger partial charge >= 0.3 is 5.97 Å². The van der Waals surface area contributed by atoms with Gasteiger partial charge in [-0.1, -0.05) is 24.3 Å². The first-order valence-electron chi connectivity index (χ1n) is 7.14. The average molecular weight is 281 g/mol. The van der Waals surface area contributed by atoms with Crippen LogP contribution in [0.1, 0.15) is 26.3 Å². The van der Waals surface area contributed by atoms with Crippen LogP contribution in [0.5, 0.6) is 0 Å². The van der Waals surface area contributed by atoms with Gasteiger partial charge in [0.1, 0.15) is 5.60 Å². The SMILES string of the molecule is CC(C)(C)OC(=O)C1=C2Cc3ccccc3N2C=CC=C1. The standard InChI is InChI=1S/C18H19NO2/c1-18(2,3)21-17(20)14-9-6-7-11-19-15-10-5-4-8-13(15)12-16(14)19/h4-11H,12H2,1-3H3. The highest BCUT2D eigenvalue weighted by Crippen LogP contribution is 2.37. The Morgan fingerprint density at radius 2 is 1.95 bits per heavy atom. The van der Waals surface area contributed by atoms with Crippen LogP contribution < -0.4 is 4.90 Å². The fraction of sp³-hybridized carbons (Fsp3) is 0.278. The molecule has 0 aromatic heterocycles. The molecule has 3 nitrogen and oxygen atoms in total. The second-order valence-electron chi connectivity index (χ2n) is 6.24. The zero-order chi connectivity index (χ0) is 15.0. The number of benzene rings is 1. The third kappa shape index (κ3) is 2.64. The van der Waals surface area contributed by atoms with Crippen molar-refractivity contribution in [2.45, 2.75) is 32.8 Å². The molecular formula is C18H19NO2. The van der Waals surface area contributed by atoms with E-state index in [4.69, 9.17) is 4.74 Å². The van der Waals surface area contributed by atoms with Gasteiger partial charge in [-0.3, -0.25) is 0 Å². The van der Waals surface area contributed by atoms with E-state index in [1.54, 1.807) is 0 Å². The summed E-state index contributed by atoms with van der Waals surface area (Å²) in [5.74, 6) is -0.268. The molecule has 0 radical (unpaired) electrons. The number of anilines is 1. The highest BCUT2D eigenvalue weighted by atomic mass is 16.6. The van der Waals surface area contributed by atoms with Crippen molar-refractivity contribution in [3.8, 4) is 0 Å². The molecule has 2 heterocycles. The van der Waals surface area contributed by atoms with Crippen LogP contribution in [0.2, 0.25) is 0 Å². The molecule has 0 spiro atoms. The van der Waals surface area contributed by atoms with Crippen LogP contribution in [0.3, 0.4) is 0 Å². The molecule has 1 aromatic carbocycles. The second kappa shape index (κ2) is 4.92. The number of allylic oxidation sites excluding steroid dienone is 3. The van der Waals surface area contributed by atoms with E-state index < -0.39 is 5.60 Å². The number of rotatable bonds is 1. The van der Waals surface area contributed by atoms with Crippen LogP contribution in [0.4, 0.5) is 5.69 Å². The summed E-state index contributed by atoms with van der Waals surface area (Å²) >= 11 is 0. The average Bonchev–Trinajstić information content (AvgIpc) is 2.62. The van der Waals surface area contributed by atoms with Gasteiger partial charge in [-0.05, 0) is 44.6 Å². The molecule has 0 amide bonds. The van der Waals surface area contributed by atoms with Crippen molar-refractivity contribution >= 4 is 11.7 Å². The van der Waals surface area contributed by atoms with Gasteiger partial charge in [0.2, 0.25) is 0 Å². The Morgan fingerprint density at radius 1 is 1.19 bits per heavy atom. The molecule has 0 saturated carbocycles. The number of fused-ring (bicyclic) bond motifs is 3. The summed E-state index contributed by atoms with van der Waals surface area (Å²) in [4.78, 5) is 14.6. The Morgan fingerprint density at radius 3 is 2.71 bits per heavy atom. The summed E-state index contributed by atoms with van der Waals surface area (Å²) in [6.45, 7) is 5.65. The van der Waals surface area contributed by atoms with Gasteiger partial charge in [-0.15, -0.1) is 0 Å². The van der Waals surface area contributed by atoms with Crippen molar-refractivity contribution in [3.05, 3.63) is 65.5 Å².